The lowest BCUT2D eigenvalue weighted by molar-refractivity contribution is 0.543. The highest BCUT2D eigenvalue weighted by Gasteiger charge is 2.33. The number of benzene rings is 2. The number of nitrogens with zero attached hydrogens (tertiary/aromatic N) is 2. The smallest absolute Gasteiger partial charge is 0.0780 e. The molecule has 0 N–H and O–H groups in total. The maximum atomic E-state index is 4.99. The highest BCUT2D eigenvalue weighted by Crippen LogP contribution is 2.49. The van der Waals surface area contributed by atoms with Crippen molar-refractivity contribution < 1.29 is 0 Å². The summed E-state index contributed by atoms with van der Waals surface area (Å²) in [5.74, 6) is 0.922. The van der Waals surface area contributed by atoms with Crippen molar-refractivity contribution in [1.82, 2.24) is 4.98 Å². The Morgan fingerprint density at radius 1 is 0.875 bits per heavy atom. The lowest BCUT2D eigenvalue weighted by Crippen LogP contribution is -2.19. The van der Waals surface area contributed by atoms with Gasteiger partial charge in [0, 0.05) is 29.0 Å². The van der Waals surface area contributed by atoms with Crippen LogP contribution in [0.1, 0.15) is 41.5 Å². The van der Waals surface area contributed by atoms with E-state index in [1.54, 1.807) is 0 Å². The van der Waals surface area contributed by atoms with Crippen LogP contribution < -0.4 is 0 Å². The Bertz CT molecular complexity index is 970. The Kier molecular flexibility index (Phi) is 3.08. The summed E-state index contributed by atoms with van der Waals surface area (Å²) < 4.78 is 0. The molecule has 3 aliphatic carbocycles. The summed E-state index contributed by atoms with van der Waals surface area (Å²) in [6, 6.07) is 18.7. The molecule has 0 saturated carbocycles. The highest BCUT2D eigenvalue weighted by atomic mass is 14.8. The maximum Gasteiger partial charge on any atom is 0.0780 e. The fraction of sp³-hybridized carbons (Fsp3) is 0.182. The minimum atomic E-state index is 0.459. The van der Waals surface area contributed by atoms with Gasteiger partial charge in [-0.05, 0) is 24.5 Å². The lowest BCUT2D eigenvalue weighted by atomic mass is 9.73. The predicted octanol–water partition coefficient (Wildman–Crippen LogP) is 5.52. The largest absolute Gasteiger partial charge is 0.255 e. The third-order valence-electron chi connectivity index (χ3n) is 5.16. The van der Waals surface area contributed by atoms with E-state index < -0.39 is 0 Å². The van der Waals surface area contributed by atoms with E-state index in [-0.39, 0.29) is 0 Å². The van der Waals surface area contributed by atoms with E-state index in [0.29, 0.717) is 11.8 Å². The number of aliphatic imine (C=N–C) groups is 1. The highest BCUT2D eigenvalue weighted by molar-refractivity contribution is 5.95. The molecule has 24 heavy (non-hydrogen) atoms. The van der Waals surface area contributed by atoms with Crippen LogP contribution in [-0.4, -0.2) is 11.2 Å². The normalized spacial score (nSPS) is 21.5. The first kappa shape index (κ1) is 13.7. The average Bonchev–Trinajstić information content (AvgIpc) is 2.67. The van der Waals surface area contributed by atoms with Crippen molar-refractivity contribution in [3.8, 4) is 0 Å². The number of aromatic nitrogens is 1. The van der Waals surface area contributed by atoms with Gasteiger partial charge in [0.05, 0.1) is 16.9 Å². The molecule has 0 radical (unpaired) electrons. The van der Waals surface area contributed by atoms with E-state index in [0.717, 1.165) is 22.2 Å². The van der Waals surface area contributed by atoms with Gasteiger partial charge in [0.2, 0.25) is 0 Å². The molecular weight excluding hydrogens is 292 g/mol. The minimum absolute atomic E-state index is 0.459. The fourth-order valence-corrected chi connectivity index (χ4v) is 3.98. The zero-order valence-corrected chi connectivity index (χ0v) is 13.4. The molecule has 1 aromatic heterocycles. The van der Waals surface area contributed by atoms with Crippen LogP contribution in [0.2, 0.25) is 0 Å². The van der Waals surface area contributed by atoms with Crippen molar-refractivity contribution in [3.05, 3.63) is 83.6 Å². The second-order valence-electron chi connectivity index (χ2n) is 6.62. The van der Waals surface area contributed by atoms with Crippen molar-refractivity contribution in [3.63, 3.8) is 0 Å². The number of rotatable bonds is 2. The van der Waals surface area contributed by atoms with Gasteiger partial charge < -0.3 is 0 Å². The molecule has 6 rings (SSSR count). The van der Waals surface area contributed by atoms with E-state index in [2.05, 4.69) is 48.6 Å². The molecule has 0 spiro atoms. The number of hydrogen-bond acceptors (Lipinski definition) is 2. The molecule has 0 amide bonds. The maximum absolute atomic E-state index is 4.99. The average molecular weight is 310 g/mol. The number of hydrogen-bond donors (Lipinski definition) is 0. The molecule has 2 nitrogen and oxygen atoms in total. The lowest BCUT2D eigenvalue weighted by Gasteiger charge is -2.33. The van der Waals surface area contributed by atoms with Crippen LogP contribution in [-0.2, 0) is 0 Å². The first-order valence-electron chi connectivity index (χ1n) is 8.60. The molecule has 0 aliphatic heterocycles. The van der Waals surface area contributed by atoms with Crippen LogP contribution in [0.25, 0.3) is 10.9 Å². The second-order valence-corrected chi connectivity index (χ2v) is 6.62. The topological polar surface area (TPSA) is 25.2 Å². The van der Waals surface area contributed by atoms with Crippen LogP contribution in [0, 0.1) is 0 Å². The molecule has 3 aromatic rings. The third kappa shape index (κ3) is 2.10. The number of fused-ring (bicyclic) bond motifs is 2. The fourth-order valence-electron chi connectivity index (χ4n) is 3.98. The van der Waals surface area contributed by atoms with Gasteiger partial charge in [0.25, 0.3) is 0 Å². The van der Waals surface area contributed by atoms with Crippen LogP contribution in [0.5, 0.6) is 0 Å². The van der Waals surface area contributed by atoms with E-state index in [9.17, 15) is 0 Å². The van der Waals surface area contributed by atoms with Crippen molar-refractivity contribution in [2.45, 2.75) is 24.7 Å². The summed E-state index contributed by atoms with van der Waals surface area (Å²) in [4.78, 5) is 9.93. The Hall–Kier alpha value is -2.74. The molecule has 1 heterocycles. The minimum Gasteiger partial charge on any atom is -0.255 e. The Balaban J connectivity index is 1.75. The summed E-state index contributed by atoms with van der Waals surface area (Å²) in [5, 5.41) is 1.16. The van der Waals surface area contributed by atoms with Crippen molar-refractivity contribution in [2.24, 2.45) is 4.99 Å². The zero-order valence-electron chi connectivity index (χ0n) is 13.4. The first-order chi connectivity index (χ1) is 11.9. The molecule has 2 unspecified atom stereocenters. The van der Waals surface area contributed by atoms with Gasteiger partial charge >= 0.3 is 0 Å². The second kappa shape index (κ2) is 5.41. The first-order valence-corrected chi connectivity index (χ1v) is 8.60. The molecule has 0 fully saturated rings. The Morgan fingerprint density at radius 2 is 1.62 bits per heavy atom. The van der Waals surface area contributed by atoms with Crippen LogP contribution >= 0.6 is 0 Å². The standard InChI is InChI=1S/C22H18N2/c1-2-6-15(7-3-1)14-23-22-18-8-4-5-9-19(18)24-21-17-12-10-16(11-13-17)20(21)22/h1-10,12,14,16-17H,11,13H2. The zero-order chi connectivity index (χ0) is 15.9. The van der Waals surface area contributed by atoms with E-state index in [4.69, 9.17) is 9.98 Å². The SMILES string of the molecule is C1=CC2CCC1c1nc3ccccc3c(N=Cc3ccccc3)c12. The van der Waals surface area contributed by atoms with Gasteiger partial charge in [0.1, 0.15) is 0 Å². The van der Waals surface area contributed by atoms with Crippen LogP contribution in [0.15, 0.2) is 71.7 Å². The Labute approximate surface area is 141 Å². The van der Waals surface area contributed by atoms with Crippen molar-refractivity contribution >= 4 is 22.8 Å². The number of para-hydroxylation sites is 1. The molecule has 0 saturated heterocycles. The molecule has 116 valence electrons. The summed E-state index contributed by atoms with van der Waals surface area (Å²) in [7, 11) is 0. The van der Waals surface area contributed by atoms with Gasteiger partial charge in [-0.25, -0.2) is 0 Å². The van der Waals surface area contributed by atoms with Gasteiger partial charge in [-0.3, -0.25) is 9.98 Å². The summed E-state index contributed by atoms with van der Waals surface area (Å²) in [5.41, 5.74) is 5.88. The third-order valence-corrected chi connectivity index (χ3v) is 5.16. The van der Waals surface area contributed by atoms with Gasteiger partial charge in [-0.15, -0.1) is 0 Å². The van der Waals surface area contributed by atoms with Crippen LogP contribution in [0.4, 0.5) is 5.69 Å². The van der Waals surface area contributed by atoms with E-state index in [1.807, 2.05) is 24.4 Å². The van der Waals surface area contributed by atoms with E-state index >= 15 is 0 Å². The number of pyridine rings is 1. The summed E-state index contributed by atoms with van der Waals surface area (Å²) in [6.07, 6.45) is 9.09. The molecule has 3 aliphatic rings. The number of allylic oxidation sites excluding steroid dienone is 2. The van der Waals surface area contributed by atoms with Gasteiger partial charge in [-0.2, -0.15) is 0 Å². The summed E-state index contributed by atoms with van der Waals surface area (Å²) in [6.45, 7) is 0. The molecule has 2 aromatic carbocycles. The molecule has 2 bridgehead atoms. The molecule has 2 heteroatoms. The quantitative estimate of drug-likeness (QED) is 0.452. The molecular formula is C22H18N2. The van der Waals surface area contributed by atoms with Crippen LogP contribution in [0.3, 0.4) is 0 Å². The van der Waals surface area contributed by atoms with Crippen molar-refractivity contribution in [1.29, 1.82) is 0 Å². The van der Waals surface area contributed by atoms with Gasteiger partial charge in [-0.1, -0.05) is 60.7 Å². The predicted molar refractivity (Wildman–Crippen MR) is 99.3 cm³/mol. The van der Waals surface area contributed by atoms with Crippen molar-refractivity contribution in [2.75, 3.05) is 0 Å². The Morgan fingerprint density at radius 3 is 2.46 bits per heavy atom. The monoisotopic (exact) mass is 310 g/mol. The van der Waals surface area contributed by atoms with E-state index in [1.165, 1.54) is 24.1 Å². The summed E-state index contributed by atoms with van der Waals surface area (Å²) >= 11 is 0. The molecule has 2 atom stereocenters. The van der Waals surface area contributed by atoms with Gasteiger partial charge in [0.15, 0.2) is 0 Å².